The molecule has 138 valence electrons. The lowest BCUT2D eigenvalue weighted by atomic mass is 10.1. The Bertz CT molecular complexity index is 764. The Hall–Kier alpha value is -2.24. The van der Waals surface area contributed by atoms with Crippen molar-refractivity contribution < 1.29 is 14.3 Å². The van der Waals surface area contributed by atoms with Crippen LogP contribution in [0.15, 0.2) is 42.5 Å². The van der Waals surface area contributed by atoms with Crippen LogP contribution in [0.1, 0.15) is 22.8 Å². The summed E-state index contributed by atoms with van der Waals surface area (Å²) in [5.74, 6) is 1.17. The molecule has 2 aromatic carbocycles. The fraction of sp³-hybridized carbons (Fsp3) is 0.350. The average molecular weight is 375 g/mol. The smallest absolute Gasteiger partial charge is 0.254 e. The maximum atomic E-state index is 12.8. The second-order valence-electron chi connectivity index (χ2n) is 6.33. The number of halogens is 1. The highest BCUT2D eigenvalue weighted by Crippen LogP contribution is 2.29. The van der Waals surface area contributed by atoms with Crippen LogP contribution in [0.2, 0.25) is 5.02 Å². The van der Waals surface area contributed by atoms with Gasteiger partial charge in [-0.25, -0.2) is 0 Å². The van der Waals surface area contributed by atoms with Crippen molar-refractivity contribution in [3.8, 4) is 11.5 Å². The van der Waals surface area contributed by atoms with E-state index in [1.54, 1.807) is 25.3 Å². The van der Waals surface area contributed by atoms with Crippen LogP contribution in [0, 0.1) is 0 Å². The molecule has 1 unspecified atom stereocenters. The van der Waals surface area contributed by atoms with E-state index in [1.807, 2.05) is 36.1 Å². The normalized spacial score (nSPS) is 17.0. The van der Waals surface area contributed by atoms with Crippen LogP contribution in [0.4, 0.5) is 0 Å². The molecule has 0 aromatic heterocycles. The summed E-state index contributed by atoms with van der Waals surface area (Å²) in [5.41, 5.74) is 1.61. The Balaban J connectivity index is 1.72. The molecule has 0 radical (unpaired) electrons. The second kappa shape index (κ2) is 8.43. The molecule has 1 fully saturated rings. The Morgan fingerprint density at radius 1 is 1.23 bits per heavy atom. The fourth-order valence-corrected chi connectivity index (χ4v) is 3.10. The largest absolute Gasteiger partial charge is 0.493 e. The molecule has 6 heteroatoms. The summed E-state index contributed by atoms with van der Waals surface area (Å²) in [4.78, 5) is 14.7. The molecule has 2 aromatic rings. The topological polar surface area (TPSA) is 50.8 Å². The number of piperazine rings is 1. The van der Waals surface area contributed by atoms with Gasteiger partial charge in [-0.05, 0) is 42.8 Å². The number of carbonyl (C=O) groups is 1. The maximum Gasteiger partial charge on any atom is 0.254 e. The van der Waals surface area contributed by atoms with Crippen molar-refractivity contribution in [2.45, 2.75) is 19.6 Å². The lowest BCUT2D eigenvalue weighted by molar-refractivity contribution is 0.0655. The molecule has 3 rings (SSSR count). The van der Waals surface area contributed by atoms with Crippen molar-refractivity contribution in [2.24, 2.45) is 0 Å². The molecule has 1 N–H and O–H groups in total. The Labute approximate surface area is 158 Å². The van der Waals surface area contributed by atoms with E-state index in [0.29, 0.717) is 35.2 Å². The number of hydrogen-bond donors (Lipinski definition) is 1. The summed E-state index contributed by atoms with van der Waals surface area (Å²) in [5, 5.41) is 3.98. The van der Waals surface area contributed by atoms with Gasteiger partial charge in [-0.1, -0.05) is 23.7 Å². The van der Waals surface area contributed by atoms with E-state index < -0.39 is 0 Å². The Kier molecular flexibility index (Phi) is 6.01. The minimum Gasteiger partial charge on any atom is -0.493 e. The van der Waals surface area contributed by atoms with E-state index in [0.717, 1.165) is 18.7 Å². The van der Waals surface area contributed by atoms with Gasteiger partial charge in [0.1, 0.15) is 6.61 Å². The number of hydrogen-bond acceptors (Lipinski definition) is 4. The third-order valence-electron chi connectivity index (χ3n) is 4.48. The molecule has 1 amide bonds. The van der Waals surface area contributed by atoms with Crippen molar-refractivity contribution in [2.75, 3.05) is 26.7 Å². The number of rotatable bonds is 5. The van der Waals surface area contributed by atoms with Crippen LogP contribution < -0.4 is 14.8 Å². The van der Waals surface area contributed by atoms with Crippen LogP contribution in [-0.2, 0) is 6.61 Å². The van der Waals surface area contributed by atoms with Gasteiger partial charge in [0, 0.05) is 36.3 Å². The monoisotopic (exact) mass is 374 g/mol. The summed E-state index contributed by atoms with van der Waals surface area (Å²) in [6.07, 6.45) is 0. The number of ether oxygens (including phenoxy) is 2. The van der Waals surface area contributed by atoms with Gasteiger partial charge in [0.15, 0.2) is 11.5 Å². The molecular weight excluding hydrogens is 352 g/mol. The van der Waals surface area contributed by atoms with E-state index in [2.05, 4.69) is 5.32 Å². The van der Waals surface area contributed by atoms with Crippen molar-refractivity contribution in [3.05, 3.63) is 58.6 Å². The predicted octanol–water partition coefficient (Wildman–Crippen LogP) is 3.36. The summed E-state index contributed by atoms with van der Waals surface area (Å²) in [7, 11) is 1.58. The van der Waals surface area contributed by atoms with Crippen LogP contribution >= 0.6 is 11.6 Å². The first-order valence-corrected chi connectivity index (χ1v) is 9.03. The SMILES string of the molecule is COc1cc(C(=O)N2CCNCC2C)ccc1OCc1ccc(Cl)cc1. The molecule has 0 saturated carbocycles. The zero-order valence-electron chi connectivity index (χ0n) is 15.0. The molecule has 1 atom stereocenters. The first kappa shape index (κ1) is 18.5. The highest BCUT2D eigenvalue weighted by molar-refractivity contribution is 6.30. The molecule has 1 aliphatic heterocycles. The Morgan fingerprint density at radius 2 is 2.00 bits per heavy atom. The summed E-state index contributed by atoms with van der Waals surface area (Å²) >= 11 is 5.90. The molecule has 0 bridgehead atoms. The molecule has 0 aliphatic carbocycles. The highest BCUT2D eigenvalue weighted by atomic mass is 35.5. The van der Waals surface area contributed by atoms with Gasteiger partial charge in [0.2, 0.25) is 0 Å². The lowest BCUT2D eigenvalue weighted by Gasteiger charge is -2.34. The third-order valence-corrected chi connectivity index (χ3v) is 4.73. The van der Waals surface area contributed by atoms with E-state index in [1.165, 1.54) is 0 Å². The van der Waals surface area contributed by atoms with Crippen molar-refractivity contribution >= 4 is 17.5 Å². The molecule has 0 spiro atoms. The maximum absolute atomic E-state index is 12.8. The Morgan fingerprint density at radius 3 is 2.69 bits per heavy atom. The summed E-state index contributed by atoms with van der Waals surface area (Å²) < 4.78 is 11.3. The number of nitrogens with zero attached hydrogens (tertiary/aromatic N) is 1. The number of methoxy groups -OCH3 is 1. The van der Waals surface area contributed by atoms with Gasteiger partial charge in [-0.3, -0.25) is 4.79 Å². The predicted molar refractivity (Wildman–Crippen MR) is 102 cm³/mol. The fourth-order valence-electron chi connectivity index (χ4n) is 2.97. The van der Waals surface area contributed by atoms with Crippen molar-refractivity contribution in [1.82, 2.24) is 10.2 Å². The van der Waals surface area contributed by atoms with Gasteiger partial charge in [0.25, 0.3) is 5.91 Å². The summed E-state index contributed by atoms with van der Waals surface area (Å²) in [6, 6.07) is 13.0. The first-order valence-electron chi connectivity index (χ1n) is 8.65. The van der Waals surface area contributed by atoms with Crippen molar-refractivity contribution in [3.63, 3.8) is 0 Å². The lowest BCUT2D eigenvalue weighted by Crippen LogP contribution is -2.52. The van der Waals surface area contributed by atoms with Gasteiger partial charge in [-0.15, -0.1) is 0 Å². The van der Waals surface area contributed by atoms with Gasteiger partial charge < -0.3 is 19.7 Å². The van der Waals surface area contributed by atoms with E-state index in [4.69, 9.17) is 21.1 Å². The minimum atomic E-state index is 0.0153. The van der Waals surface area contributed by atoms with Gasteiger partial charge in [-0.2, -0.15) is 0 Å². The van der Waals surface area contributed by atoms with E-state index in [9.17, 15) is 4.79 Å². The molecular formula is C20H23ClN2O3. The number of nitrogens with one attached hydrogen (secondary N) is 1. The molecule has 26 heavy (non-hydrogen) atoms. The summed E-state index contributed by atoms with van der Waals surface area (Å²) in [6.45, 7) is 4.78. The zero-order valence-corrected chi connectivity index (χ0v) is 15.8. The van der Waals surface area contributed by atoms with Crippen molar-refractivity contribution in [1.29, 1.82) is 0 Å². The number of amides is 1. The second-order valence-corrected chi connectivity index (χ2v) is 6.77. The number of benzene rings is 2. The molecule has 1 heterocycles. The average Bonchev–Trinajstić information content (AvgIpc) is 2.67. The third kappa shape index (κ3) is 4.29. The number of carbonyl (C=O) groups excluding carboxylic acids is 1. The minimum absolute atomic E-state index is 0.0153. The highest BCUT2D eigenvalue weighted by Gasteiger charge is 2.24. The zero-order chi connectivity index (χ0) is 18.5. The van der Waals surface area contributed by atoms with Crippen LogP contribution in [-0.4, -0.2) is 43.6 Å². The quantitative estimate of drug-likeness (QED) is 0.871. The molecule has 5 nitrogen and oxygen atoms in total. The molecule has 1 saturated heterocycles. The van der Waals surface area contributed by atoms with E-state index >= 15 is 0 Å². The standard InChI is InChI=1S/C20H23ClN2O3/c1-14-12-22-9-10-23(14)20(24)16-5-8-18(19(11-16)25-2)26-13-15-3-6-17(21)7-4-15/h3-8,11,14,22H,9-10,12-13H2,1-2H3. The van der Waals surface area contributed by atoms with Gasteiger partial charge >= 0.3 is 0 Å². The first-order chi connectivity index (χ1) is 12.6. The van der Waals surface area contributed by atoms with Gasteiger partial charge in [0.05, 0.1) is 7.11 Å². The molecule has 1 aliphatic rings. The van der Waals surface area contributed by atoms with Crippen LogP contribution in [0.3, 0.4) is 0 Å². The van der Waals surface area contributed by atoms with Crippen LogP contribution in [0.5, 0.6) is 11.5 Å². The van der Waals surface area contributed by atoms with Crippen LogP contribution in [0.25, 0.3) is 0 Å². The van der Waals surface area contributed by atoms with E-state index in [-0.39, 0.29) is 11.9 Å².